The average Bonchev–Trinajstić information content (AvgIpc) is 2.54. The molecule has 0 aromatic heterocycles. The Morgan fingerprint density at radius 3 is 1.60 bits per heavy atom. The highest BCUT2D eigenvalue weighted by atomic mass is 14.8. The van der Waals surface area contributed by atoms with Gasteiger partial charge in [0.2, 0.25) is 0 Å². The van der Waals surface area contributed by atoms with Crippen molar-refractivity contribution in [2.24, 2.45) is 22.0 Å². The van der Waals surface area contributed by atoms with Crippen LogP contribution in [0.4, 0.5) is 0 Å². The molecule has 0 aromatic rings. The van der Waals surface area contributed by atoms with Gasteiger partial charge < -0.3 is 5.73 Å². The molecule has 1 heteroatoms. The molecule has 0 bridgehead atoms. The Kier molecular flexibility index (Phi) is 9.51. The summed E-state index contributed by atoms with van der Waals surface area (Å²) in [5, 5.41) is 0. The molecule has 0 heterocycles. The van der Waals surface area contributed by atoms with Gasteiger partial charge >= 0.3 is 0 Å². The molecule has 1 atom stereocenters. The number of rotatable bonds is 14. The van der Waals surface area contributed by atoms with E-state index in [1.807, 2.05) is 0 Å². The van der Waals surface area contributed by atoms with Crippen molar-refractivity contribution in [3.8, 4) is 0 Å². The molecule has 0 amide bonds. The van der Waals surface area contributed by atoms with Crippen LogP contribution in [-0.4, -0.2) is 6.04 Å². The van der Waals surface area contributed by atoms with E-state index in [9.17, 15) is 0 Å². The van der Waals surface area contributed by atoms with Gasteiger partial charge in [-0.2, -0.15) is 0 Å². The van der Waals surface area contributed by atoms with E-state index in [4.69, 9.17) is 5.73 Å². The summed E-state index contributed by atoms with van der Waals surface area (Å²) in [6.07, 6.45) is 19.0. The van der Waals surface area contributed by atoms with Crippen LogP contribution >= 0.6 is 0 Å². The molecule has 1 rings (SSSR count). The summed E-state index contributed by atoms with van der Waals surface area (Å²) < 4.78 is 0. The van der Waals surface area contributed by atoms with Gasteiger partial charge in [-0.1, -0.05) is 92.9 Å². The van der Waals surface area contributed by atoms with Gasteiger partial charge in [0.25, 0.3) is 0 Å². The van der Waals surface area contributed by atoms with Crippen LogP contribution in [0.25, 0.3) is 0 Å². The van der Waals surface area contributed by atoms with E-state index < -0.39 is 0 Å². The molecule has 1 unspecified atom stereocenters. The molecular formula is C24H49N. The van der Waals surface area contributed by atoms with E-state index in [2.05, 4.69) is 41.5 Å². The molecule has 1 fully saturated rings. The molecule has 1 aliphatic carbocycles. The van der Waals surface area contributed by atoms with Gasteiger partial charge in [-0.3, -0.25) is 0 Å². The Morgan fingerprint density at radius 1 is 0.680 bits per heavy atom. The van der Waals surface area contributed by atoms with Crippen molar-refractivity contribution in [3.63, 3.8) is 0 Å². The van der Waals surface area contributed by atoms with Gasteiger partial charge in [-0.15, -0.1) is 0 Å². The lowest BCUT2D eigenvalue weighted by Gasteiger charge is -2.66. The van der Waals surface area contributed by atoms with Crippen molar-refractivity contribution < 1.29 is 0 Å². The van der Waals surface area contributed by atoms with Crippen LogP contribution in [0.2, 0.25) is 0 Å². The first-order chi connectivity index (χ1) is 11.8. The normalized spacial score (nSPS) is 26.3. The van der Waals surface area contributed by atoms with E-state index in [0.29, 0.717) is 22.3 Å². The molecule has 25 heavy (non-hydrogen) atoms. The van der Waals surface area contributed by atoms with E-state index in [0.717, 1.165) is 0 Å². The number of hydrogen-bond donors (Lipinski definition) is 1. The van der Waals surface area contributed by atoms with Crippen LogP contribution in [0.3, 0.4) is 0 Å². The summed E-state index contributed by atoms with van der Waals surface area (Å²) in [7, 11) is 0. The summed E-state index contributed by atoms with van der Waals surface area (Å²) in [5.41, 5.74) is 7.87. The maximum atomic E-state index is 6.44. The van der Waals surface area contributed by atoms with E-state index >= 15 is 0 Å². The lowest BCUT2D eigenvalue weighted by Crippen LogP contribution is -2.62. The smallest absolute Gasteiger partial charge is 0.00502 e. The summed E-state index contributed by atoms with van der Waals surface area (Å²) in [6.45, 7) is 14.7. The topological polar surface area (TPSA) is 26.0 Å². The summed E-state index contributed by atoms with van der Waals surface area (Å²) in [5.74, 6) is 0. The number of unbranched alkanes of at least 4 members (excludes halogenated alkanes) is 4. The predicted molar refractivity (Wildman–Crippen MR) is 114 cm³/mol. The molecule has 0 radical (unpaired) electrons. The molecule has 1 nitrogen and oxygen atoms in total. The zero-order chi connectivity index (χ0) is 19.0. The first-order valence-electron chi connectivity index (χ1n) is 11.6. The monoisotopic (exact) mass is 351 g/mol. The van der Waals surface area contributed by atoms with Crippen LogP contribution in [0.1, 0.15) is 131 Å². The zero-order valence-corrected chi connectivity index (χ0v) is 18.6. The lowest BCUT2D eigenvalue weighted by atomic mass is 9.39. The third-order valence-electron chi connectivity index (χ3n) is 7.80. The number of nitrogens with two attached hydrogens (primary N) is 1. The van der Waals surface area contributed by atoms with E-state index in [-0.39, 0.29) is 0 Å². The second-order valence-electron chi connectivity index (χ2n) is 9.79. The summed E-state index contributed by atoms with van der Waals surface area (Å²) >= 11 is 0. The van der Waals surface area contributed by atoms with Crippen molar-refractivity contribution in [2.45, 2.75) is 137 Å². The van der Waals surface area contributed by atoms with Crippen LogP contribution < -0.4 is 5.73 Å². The van der Waals surface area contributed by atoms with E-state index in [1.54, 1.807) is 0 Å². The molecule has 0 aromatic carbocycles. The van der Waals surface area contributed by atoms with Crippen LogP contribution in [0, 0.1) is 16.2 Å². The van der Waals surface area contributed by atoms with Crippen LogP contribution in [0.5, 0.6) is 0 Å². The zero-order valence-electron chi connectivity index (χ0n) is 18.6. The minimum Gasteiger partial charge on any atom is -0.328 e. The molecule has 0 spiro atoms. The van der Waals surface area contributed by atoms with E-state index in [1.165, 1.54) is 89.9 Å². The van der Waals surface area contributed by atoms with Crippen molar-refractivity contribution in [1.82, 2.24) is 0 Å². The van der Waals surface area contributed by atoms with Gasteiger partial charge in [0.15, 0.2) is 0 Å². The first-order valence-corrected chi connectivity index (χ1v) is 11.6. The fourth-order valence-electron chi connectivity index (χ4n) is 6.37. The Morgan fingerprint density at radius 2 is 1.16 bits per heavy atom. The maximum Gasteiger partial charge on any atom is 0.00502 e. The van der Waals surface area contributed by atoms with Crippen LogP contribution in [0.15, 0.2) is 0 Å². The van der Waals surface area contributed by atoms with Crippen molar-refractivity contribution in [2.75, 3.05) is 0 Å². The molecule has 150 valence electrons. The third-order valence-corrected chi connectivity index (χ3v) is 7.80. The molecule has 0 aliphatic heterocycles. The van der Waals surface area contributed by atoms with Crippen molar-refractivity contribution in [3.05, 3.63) is 0 Å². The summed E-state index contributed by atoms with van der Waals surface area (Å²) in [4.78, 5) is 0. The van der Waals surface area contributed by atoms with Gasteiger partial charge in [-0.25, -0.2) is 0 Å². The highest BCUT2D eigenvalue weighted by Gasteiger charge is 2.62. The molecule has 1 saturated carbocycles. The largest absolute Gasteiger partial charge is 0.328 e. The first kappa shape index (κ1) is 23.0. The molecule has 2 N–H and O–H groups in total. The Labute approximate surface area is 159 Å². The van der Waals surface area contributed by atoms with Crippen LogP contribution in [-0.2, 0) is 0 Å². The SMILES string of the molecule is CCCCCCC(C)(CCCC)C1(C(C)(CCC)CCC)CC(N)C1. The van der Waals surface area contributed by atoms with Gasteiger partial charge in [0.1, 0.15) is 0 Å². The Bertz CT molecular complexity index is 349. The second-order valence-corrected chi connectivity index (χ2v) is 9.79. The molecular weight excluding hydrogens is 302 g/mol. The lowest BCUT2D eigenvalue weighted by molar-refractivity contribution is -0.159. The average molecular weight is 352 g/mol. The minimum atomic E-state index is 0.449. The highest BCUT2D eigenvalue weighted by molar-refractivity contribution is 5.13. The van der Waals surface area contributed by atoms with Crippen molar-refractivity contribution in [1.29, 1.82) is 0 Å². The molecule has 0 saturated heterocycles. The predicted octanol–water partition coefficient (Wildman–Crippen LogP) is 7.87. The highest BCUT2D eigenvalue weighted by Crippen LogP contribution is 2.68. The van der Waals surface area contributed by atoms with Gasteiger partial charge in [0.05, 0.1) is 0 Å². The quantitative estimate of drug-likeness (QED) is 0.316. The fourth-order valence-corrected chi connectivity index (χ4v) is 6.37. The molecule has 1 aliphatic rings. The fraction of sp³-hybridized carbons (Fsp3) is 1.00. The minimum absolute atomic E-state index is 0.449. The Hall–Kier alpha value is -0.0400. The summed E-state index contributed by atoms with van der Waals surface area (Å²) in [6, 6.07) is 0.449. The second kappa shape index (κ2) is 10.3. The Balaban J connectivity index is 3.12. The van der Waals surface area contributed by atoms with Gasteiger partial charge in [0, 0.05) is 6.04 Å². The third kappa shape index (κ3) is 5.02. The maximum absolute atomic E-state index is 6.44. The van der Waals surface area contributed by atoms with Crippen molar-refractivity contribution >= 4 is 0 Å². The number of hydrogen-bond acceptors (Lipinski definition) is 1. The van der Waals surface area contributed by atoms with Gasteiger partial charge in [-0.05, 0) is 54.8 Å². The standard InChI is InChI=1S/C24H49N/c1-7-11-13-14-18-23(6,17-12-8-2)24(19-21(25)20-24)22(5,15-9-3)16-10-4/h21H,7-20,25H2,1-6H3.